The molecule has 1 aromatic carbocycles. The number of rotatable bonds is 5. The highest BCUT2D eigenvalue weighted by molar-refractivity contribution is 5.95. The number of carboxylic acids is 1. The van der Waals surface area contributed by atoms with Crippen LogP contribution in [0.2, 0.25) is 0 Å². The van der Waals surface area contributed by atoms with Gasteiger partial charge in [0.05, 0.1) is 6.42 Å². The molecular weight excluding hydrogens is 242 g/mol. The number of hydrogen-bond donors (Lipinski definition) is 2. The minimum atomic E-state index is -0.851. The van der Waals surface area contributed by atoms with E-state index in [2.05, 4.69) is 12.2 Å². The SMILES string of the molecule is CCC1(C(=O)Nc2ccc(CC(=O)O)cc2)CCC1. The van der Waals surface area contributed by atoms with Gasteiger partial charge in [-0.25, -0.2) is 0 Å². The zero-order valence-corrected chi connectivity index (χ0v) is 11.1. The van der Waals surface area contributed by atoms with E-state index in [1.165, 1.54) is 0 Å². The fraction of sp³-hybridized carbons (Fsp3) is 0.467. The minimum absolute atomic E-state index is 0.00707. The van der Waals surface area contributed by atoms with Crippen LogP contribution in [0.4, 0.5) is 5.69 Å². The van der Waals surface area contributed by atoms with E-state index in [1.807, 2.05) is 0 Å². The van der Waals surface area contributed by atoms with Crippen LogP contribution >= 0.6 is 0 Å². The molecule has 2 N–H and O–H groups in total. The lowest BCUT2D eigenvalue weighted by molar-refractivity contribution is -0.136. The lowest BCUT2D eigenvalue weighted by Crippen LogP contribution is -2.41. The molecule has 4 nitrogen and oxygen atoms in total. The van der Waals surface area contributed by atoms with E-state index in [-0.39, 0.29) is 17.7 Å². The Morgan fingerprint density at radius 1 is 1.26 bits per heavy atom. The van der Waals surface area contributed by atoms with Crippen molar-refractivity contribution in [3.05, 3.63) is 29.8 Å². The molecule has 1 aliphatic rings. The molecule has 1 fully saturated rings. The molecule has 1 aromatic rings. The van der Waals surface area contributed by atoms with Gasteiger partial charge in [0.15, 0.2) is 0 Å². The van der Waals surface area contributed by atoms with E-state index < -0.39 is 5.97 Å². The van der Waals surface area contributed by atoms with Crippen LogP contribution in [0, 0.1) is 5.41 Å². The molecule has 0 radical (unpaired) electrons. The zero-order valence-electron chi connectivity index (χ0n) is 11.1. The molecule has 102 valence electrons. The topological polar surface area (TPSA) is 66.4 Å². The molecule has 0 atom stereocenters. The molecule has 2 rings (SSSR count). The minimum Gasteiger partial charge on any atom is -0.481 e. The summed E-state index contributed by atoms with van der Waals surface area (Å²) in [4.78, 5) is 22.8. The number of carbonyl (C=O) groups is 2. The highest BCUT2D eigenvalue weighted by atomic mass is 16.4. The van der Waals surface area contributed by atoms with Gasteiger partial charge in [-0.3, -0.25) is 9.59 Å². The Morgan fingerprint density at radius 3 is 2.32 bits per heavy atom. The van der Waals surface area contributed by atoms with Gasteiger partial charge in [0, 0.05) is 11.1 Å². The summed E-state index contributed by atoms with van der Waals surface area (Å²) < 4.78 is 0. The molecule has 0 saturated heterocycles. The first-order valence-electron chi connectivity index (χ1n) is 6.68. The zero-order chi connectivity index (χ0) is 13.9. The Kier molecular flexibility index (Phi) is 3.88. The lowest BCUT2D eigenvalue weighted by Gasteiger charge is -2.39. The Balaban J connectivity index is 1.99. The van der Waals surface area contributed by atoms with Crippen molar-refractivity contribution < 1.29 is 14.7 Å². The van der Waals surface area contributed by atoms with E-state index >= 15 is 0 Å². The van der Waals surface area contributed by atoms with Crippen molar-refractivity contribution in [2.24, 2.45) is 5.41 Å². The first-order valence-corrected chi connectivity index (χ1v) is 6.68. The summed E-state index contributed by atoms with van der Waals surface area (Å²) in [5.41, 5.74) is 1.29. The number of anilines is 1. The van der Waals surface area contributed by atoms with Crippen LogP contribution in [-0.4, -0.2) is 17.0 Å². The highest BCUT2D eigenvalue weighted by Crippen LogP contribution is 2.44. The van der Waals surface area contributed by atoms with Crippen LogP contribution < -0.4 is 5.32 Å². The number of nitrogens with one attached hydrogen (secondary N) is 1. The molecule has 1 aliphatic carbocycles. The van der Waals surface area contributed by atoms with E-state index in [9.17, 15) is 9.59 Å². The third-order valence-electron chi connectivity index (χ3n) is 4.04. The first kappa shape index (κ1) is 13.6. The quantitative estimate of drug-likeness (QED) is 0.856. The molecule has 0 bridgehead atoms. The molecule has 0 spiro atoms. The summed E-state index contributed by atoms with van der Waals surface area (Å²) in [6.07, 6.45) is 3.93. The van der Waals surface area contributed by atoms with E-state index in [1.54, 1.807) is 24.3 Å². The van der Waals surface area contributed by atoms with Crippen molar-refractivity contribution in [3.8, 4) is 0 Å². The lowest BCUT2D eigenvalue weighted by atomic mass is 9.66. The van der Waals surface area contributed by atoms with Gasteiger partial charge < -0.3 is 10.4 Å². The Bertz CT molecular complexity index is 469. The normalized spacial score (nSPS) is 16.5. The average molecular weight is 261 g/mol. The molecule has 0 aromatic heterocycles. The van der Waals surface area contributed by atoms with E-state index in [0.717, 1.165) is 36.9 Å². The third-order valence-corrected chi connectivity index (χ3v) is 4.04. The summed E-state index contributed by atoms with van der Waals surface area (Å²) >= 11 is 0. The van der Waals surface area contributed by atoms with Crippen molar-refractivity contribution >= 4 is 17.6 Å². The van der Waals surface area contributed by atoms with Crippen LogP contribution in [0.1, 0.15) is 38.2 Å². The molecule has 19 heavy (non-hydrogen) atoms. The van der Waals surface area contributed by atoms with Crippen molar-refractivity contribution in [1.29, 1.82) is 0 Å². The molecular formula is C15H19NO3. The Hall–Kier alpha value is -1.84. The third kappa shape index (κ3) is 2.95. The first-order chi connectivity index (χ1) is 9.05. The van der Waals surface area contributed by atoms with E-state index in [0.29, 0.717) is 0 Å². The Labute approximate surface area is 112 Å². The molecule has 0 heterocycles. The van der Waals surface area contributed by atoms with Gasteiger partial charge in [-0.2, -0.15) is 0 Å². The van der Waals surface area contributed by atoms with Crippen LogP contribution in [0.25, 0.3) is 0 Å². The molecule has 1 saturated carbocycles. The van der Waals surface area contributed by atoms with Gasteiger partial charge in [-0.1, -0.05) is 25.5 Å². The maximum absolute atomic E-state index is 12.2. The second-order valence-electron chi connectivity index (χ2n) is 5.21. The second kappa shape index (κ2) is 5.43. The van der Waals surface area contributed by atoms with Crippen LogP contribution in [0.3, 0.4) is 0 Å². The number of benzene rings is 1. The summed E-state index contributed by atoms with van der Waals surface area (Å²) in [5.74, 6) is -0.761. The number of carboxylic acid groups (broad SMARTS) is 1. The maximum atomic E-state index is 12.2. The highest BCUT2D eigenvalue weighted by Gasteiger charge is 2.42. The predicted molar refractivity (Wildman–Crippen MR) is 73.0 cm³/mol. The second-order valence-corrected chi connectivity index (χ2v) is 5.21. The van der Waals surface area contributed by atoms with Gasteiger partial charge in [-0.05, 0) is 37.0 Å². The maximum Gasteiger partial charge on any atom is 0.307 e. The monoisotopic (exact) mass is 261 g/mol. The van der Waals surface area contributed by atoms with Crippen molar-refractivity contribution in [2.45, 2.75) is 39.0 Å². The number of carbonyl (C=O) groups excluding carboxylic acids is 1. The van der Waals surface area contributed by atoms with Gasteiger partial charge in [0.2, 0.25) is 5.91 Å². The smallest absolute Gasteiger partial charge is 0.307 e. The van der Waals surface area contributed by atoms with Crippen LogP contribution in [-0.2, 0) is 16.0 Å². The molecule has 4 heteroatoms. The average Bonchev–Trinajstić information content (AvgIpc) is 2.30. The number of aliphatic carboxylic acids is 1. The van der Waals surface area contributed by atoms with Gasteiger partial charge in [0.25, 0.3) is 0 Å². The van der Waals surface area contributed by atoms with Crippen LogP contribution in [0.5, 0.6) is 0 Å². The van der Waals surface area contributed by atoms with Gasteiger partial charge >= 0.3 is 5.97 Å². The summed E-state index contributed by atoms with van der Waals surface area (Å²) in [7, 11) is 0. The number of hydrogen-bond acceptors (Lipinski definition) is 2. The van der Waals surface area contributed by atoms with E-state index in [4.69, 9.17) is 5.11 Å². The van der Waals surface area contributed by atoms with Crippen molar-refractivity contribution in [1.82, 2.24) is 0 Å². The van der Waals surface area contributed by atoms with Crippen molar-refractivity contribution in [3.63, 3.8) is 0 Å². The standard InChI is InChI=1S/C15H19NO3/c1-2-15(8-3-9-15)14(19)16-12-6-4-11(5-7-12)10-13(17)18/h4-7H,2-3,8-10H2,1H3,(H,16,19)(H,17,18). The number of amides is 1. The predicted octanol–water partition coefficient (Wildman–Crippen LogP) is 2.83. The molecule has 0 aliphatic heterocycles. The van der Waals surface area contributed by atoms with Crippen LogP contribution in [0.15, 0.2) is 24.3 Å². The largest absolute Gasteiger partial charge is 0.481 e. The summed E-state index contributed by atoms with van der Waals surface area (Å²) in [6, 6.07) is 7.00. The van der Waals surface area contributed by atoms with Gasteiger partial charge in [-0.15, -0.1) is 0 Å². The Morgan fingerprint density at radius 2 is 1.89 bits per heavy atom. The summed E-state index contributed by atoms with van der Waals surface area (Å²) in [6.45, 7) is 2.05. The molecule has 0 unspecified atom stereocenters. The van der Waals surface area contributed by atoms with Crippen molar-refractivity contribution in [2.75, 3.05) is 5.32 Å². The molecule has 1 amide bonds. The fourth-order valence-electron chi connectivity index (χ4n) is 2.49. The summed E-state index contributed by atoms with van der Waals surface area (Å²) in [5, 5.41) is 11.6. The fourth-order valence-corrected chi connectivity index (χ4v) is 2.49. The van der Waals surface area contributed by atoms with Gasteiger partial charge in [0.1, 0.15) is 0 Å².